The van der Waals surface area contributed by atoms with Crippen LogP contribution in [0.3, 0.4) is 0 Å². The van der Waals surface area contributed by atoms with Crippen molar-refractivity contribution in [3.05, 3.63) is 65.7 Å². The molecule has 0 aromatic heterocycles. The Hall–Kier alpha value is -2.22. The number of aryl methyl sites for hydroxylation is 1. The zero-order chi connectivity index (χ0) is 24.1. The minimum atomic E-state index is -3.51. The number of likely N-dealkylation sites (tertiary alicyclic amines) is 1. The zero-order valence-electron chi connectivity index (χ0n) is 20.3. The molecule has 2 fully saturated rings. The maximum absolute atomic E-state index is 13.0. The second-order valence-electron chi connectivity index (χ2n) is 9.88. The first kappa shape index (κ1) is 24.9. The van der Waals surface area contributed by atoms with Crippen molar-refractivity contribution in [3.63, 3.8) is 0 Å². The number of sulfonamides is 1. The van der Waals surface area contributed by atoms with E-state index in [1.807, 2.05) is 25.1 Å². The van der Waals surface area contributed by atoms with E-state index >= 15 is 0 Å². The first-order valence-electron chi connectivity index (χ1n) is 12.5. The molecule has 1 amide bonds. The molecule has 184 valence electrons. The van der Waals surface area contributed by atoms with E-state index in [2.05, 4.69) is 41.4 Å². The number of carbonyl (C=O) groups excluding carboxylic acids is 1. The van der Waals surface area contributed by atoms with Crippen molar-refractivity contribution < 1.29 is 13.2 Å². The molecule has 0 saturated carbocycles. The van der Waals surface area contributed by atoms with Gasteiger partial charge in [0.2, 0.25) is 15.9 Å². The van der Waals surface area contributed by atoms with Crippen molar-refractivity contribution in [1.29, 1.82) is 0 Å². The van der Waals surface area contributed by atoms with Gasteiger partial charge in [-0.2, -0.15) is 4.31 Å². The molecule has 1 unspecified atom stereocenters. The minimum absolute atomic E-state index is 0.0405. The summed E-state index contributed by atoms with van der Waals surface area (Å²) in [5, 5.41) is 3.20. The molecule has 6 nitrogen and oxygen atoms in total. The molecule has 4 rings (SSSR count). The van der Waals surface area contributed by atoms with Crippen LogP contribution < -0.4 is 5.32 Å². The summed E-state index contributed by atoms with van der Waals surface area (Å²) in [4.78, 5) is 15.8. The highest BCUT2D eigenvalue weighted by atomic mass is 32.2. The van der Waals surface area contributed by atoms with Crippen LogP contribution in [0.15, 0.2) is 59.5 Å². The summed E-state index contributed by atoms with van der Waals surface area (Å²) in [6.07, 6.45) is 3.47. The lowest BCUT2D eigenvalue weighted by molar-refractivity contribution is -0.126. The van der Waals surface area contributed by atoms with Crippen LogP contribution in [0.2, 0.25) is 0 Å². The van der Waals surface area contributed by atoms with Crippen LogP contribution >= 0.6 is 0 Å². The SMILES string of the molecule is Cc1ccc(S(=O)(=O)N2CCC(C(=O)NCC(c3ccccc3)N3CCC(C)CC3)CC2)cc1. The molecule has 0 bridgehead atoms. The third-order valence-electron chi connectivity index (χ3n) is 7.40. The van der Waals surface area contributed by atoms with Gasteiger partial charge in [-0.3, -0.25) is 9.69 Å². The average Bonchev–Trinajstić information content (AvgIpc) is 2.86. The average molecular weight is 484 g/mol. The van der Waals surface area contributed by atoms with Crippen molar-refractivity contribution in [3.8, 4) is 0 Å². The lowest BCUT2D eigenvalue weighted by Gasteiger charge is -2.37. The molecular formula is C27H37N3O3S. The topological polar surface area (TPSA) is 69.7 Å². The normalized spacial score (nSPS) is 20.2. The molecule has 2 aliphatic rings. The summed E-state index contributed by atoms with van der Waals surface area (Å²) in [5.74, 6) is 0.643. The summed E-state index contributed by atoms with van der Waals surface area (Å²) in [6.45, 7) is 7.67. The van der Waals surface area contributed by atoms with Gasteiger partial charge in [0, 0.05) is 25.6 Å². The number of amides is 1. The Balaban J connectivity index is 1.34. The largest absolute Gasteiger partial charge is 0.354 e. The third kappa shape index (κ3) is 5.88. The first-order valence-corrected chi connectivity index (χ1v) is 13.9. The predicted molar refractivity (Wildman–Crippen MR) is 135 cm³/mol. The molecule has 0 aliphatic carbocycles. The molecule has 2 aromatic carbocycles. The van der Waals surface area contributed by atoms with Crippen molar-refractivity contribution >= 4 is 15.9 Å². The number of nitrogens with one attached hydrogen (secondary N) is 1. The van der Waals surface area contributed by atoms with Gasteiger partial charge in [-0.05, 0) is 69.3 Å². The van der Waals surface area contributed by atoms with Crippen molar-refractivity contribution in [1.82, 2.24) is 14.5 Å². The van der Waals surface area contributed by atoms with Crippen LogP contribution in [0, 0.1) is 18.8 Å². The monoisotopic (exact) mass is 483 g/mol. The lowest BCUT2D eigenvalue weighted by atomic mass is 9.95. The van der Waals surface area contributed by atoms with Gasteiger partial charge < -0.3 is 5.32 Å². The maximum atomic E-state index is 13.0. The Morgan fingerprint density at radius 2 is 1.56 bits per heavy atom. The number of benzene rings is 2. The van der Waals surface area contributed by atoms with Gasteiger partial charge in [0.15, 0.2) is 0 Å². The van der Waals surface area contributed by atoms with Crippen molar-refractivity contribution in [2.24, 2.45) is 11.8 Å². The fourth-order valence-corrected chi connectivity index (χ4v) is 6.50. The number of hydrogen-bond acceptors (Lipinski definition) is 4. The Bertz CT molecular complexity index is 1040. The highest BCUT2D eigenvalue weighted by molar-refractivity contribution is 7.89. The molecule has 1 atom stereocenters. The number of hydrogen-bond donors (Lipinski definition) is 1. The smallest absolute Gasteiger partial charge is 0.243 e. The second-order valence-corrected chi connectivity index (χ2v) is 11.8. The molecule has 2 aromatic rings. The summed E-state index contributed by atoms with van der Waals surface area (Å²) in [6, 6.07) is 17.5. The van der Waals surface area contributed by atoms with E-state index in [4.69, 9.17) is 0 Å². The van der Waals surface area contributed by atoms with Crippen LogP contribution in [0.4, 0.5) is 0 Å². The Kier molecular flexibility index (Phi) is 8.06. The number of carbonyl (C=O) groups is 1. The quantitative estimate of drug-likeness (QED) is 0.647. The molecule has 0 radical (unpaired) electrons. The van der Waals surface area contributed by atoms with Crippen LogP contribution in [0.1, 0.15) is 49.8 Å². The Labute approximate surface area is 204 Å². The molecule has 2 heterocycles. The molecule has 2 saturated heterocycles. The molecule has 1 N–H and O–H groups in total. The van der Waals surface area contributed by atoms with E-state index in [-0.39, 0.29) is 17.9 Å². The molecule has 34 heavy (non-hydrogen) atoms. The second kappa shape index (κ2) is 11.0. The number of nitrogens with zero attached hydrogens (tertiary/aromatic N) is 2. The summed E-state index contributed by atoms with van der Waals surface area (Å²) in [7, 11) is -3.51. The highest BCUT2D eigenvalue weighted by Crippen LogP contribution is 2.28. The fourth-order valence-electron chi connectivity index (χ4n) is 5.03. The van der Waals surface area contributed by atoms with E-state index in [9.17, 15) is 13.2 Å². The van der Waals surface area contributed by atoms with Gasteiger partial charge >= 0.3 is 0 Å². The summed E-state index contributed by atoms with van der Waals surface area (Å²) < 4.78 is 27.4. The van der Waals surface area contributed by atoms with E-state index in [1.54, 1.807) is 12.1 Å². The van der Waals surface area contributed by atoms with Crippen LogP contribution in [0.25, 0.3) is 0 Å². The number of rotatable bonds is 7. The van der Waals surface area contributed by atoms with E-state index in [1.165, 1.54) is 22.7 Å². The molecule has 7 heteroatoms. The van der Waals surface area contributed by atoms with E-state index in [0.29, 0.717) is 37.4 Å². The summed E-state index contributed by atoms with van der Waals surface area (Å²) in [5.41, 5.74) is 2.26. The lowest BCUT2D eigenvalue weighted by Crippen LogP contribution is -2.46. The Morgan fingerprint density at radius 1 is 0.941 bits per heavy atom. The molecule has 0 spiro atoms. The van der Waals surface area contributed by atoms with Gasteiger partial charge in [-0.1, -0.05) is 55.0 Å². The van der Waals surface area contributed by atoms with Gasteiger partial charge in [-0.25, -0.2) is 8.42 Å². The first-order chi connectivity index (χ1) is 16.3. The zero-order valence-corrected chi connectivity index (χ0v) is 21.1. The van der Waals surface area contributed by atoms with Gasteiger partial charge in [-0.15, -0.1) is 0 Å². The van der Waals surface area contributed by atoms with Gasteiger partial charge in [0.1, 0.15) is 0 Å². The van der Waals surface area contributed by atoms with Crippen molar-refractivity contribution in [2.45, 2.75) is 50.5 Å². The fraction of sp³-hybridized carbons (Fsp3) is 0.519. The standard InChI is InChI=1S/C27H37N3O3S/c1-21-8-10-25(11-9-21)34(32,33)30-18-14-24(15-19-30)27(31)28-20-26(23-6-4-3-5-7-23)29-16-12-22(2)13-17-29/h3-11,22,24,26H,12-20H2,1-2H3,(H,28,31). The van der Waals surface area contributed by atoms with Crippen LogP contribution in [-0.4, -0.2) is 56.3 Å². The summed E-state index contributed by atoms with van der Waals surface area (Å²) >= 11 is 0. The number of piperidine rings is 2. The Morgan fingerprint density at radius 3 is 2.18 bits per heavy atom. The van der Waals surface area contributed by atoms with E-state index < -0.39 is 10.0 Å². The molecular weight excluding hydrogens is 446 g/mol. The minimum Gasteiger partial charge on any atom is -0.354 e. The van der Waals surface area contributed by atoms with Gasteiger partial charge in [0.05, 0.1) is 10.9 Å². The van der Waals surface area contributed by atoms with Crippen molar-refractivity contribution in [2.75, 3.05) is 32.7 Å². The predicted octanol–water partition coefficient (Wildman–Crippen LogP) is 3.99. The third-order valence-corrected chi connectivity index (χ3v) is 9.31. The van der Waals surface area contributed by atoms with Crippen LogP contribution in [0.5, 0.6) is 0 Å². The van der Waals surface area contributed by atoms with Crippen LogP contribution in [-0.2, 0) is 14.8 Å². The highest BCUT2D eigenvalue weighted by Gasteiger charge is 2.33. The van der Waals surface area contributed by atoms with Gasteiger partial charge in [0.25, 0.3) is 0 Å². The van der Waals surface area contributed by atoms with E-state index in [0.717, 1.165) is 24.6 Å². The maximum Gasteiger partial charge on any atom is 0.243 e. The molecule has 2 aliphatic heterocycles.